The molecule has 3 heterocycles. The summed E-state index contributed by atoms with van der Waals surface area (Å²) >= 11 is 0. The maximum Gasteiger partial charge on any atom is 0.0562 e. The van der Waals surface area contributed by atoms with E-state index in [9.17, 15) is 0 Å². The minimum absolute atomic E-state index is 0.597. The average Bonchev–Trinajstić information content (AvgIpc) is 2.97. The molecule has 2 aliphatic rings. The van der Waals surface area contributed by atoms with Crippen LogP contribution in [0.4, 0.5) is 0 Å². The molecule has 2 saturated heterocycles. The smallest absolute Gasteiger partial charge is 0.0562 e. The first kappa shape index (κ1) is 13.1. The van der Waals surface area contributed by atoms with Crippen molar-refractivity contribution in [3.63, 3.8) is 0 Å². The summed E-state index contributed by atoms with van der Waals surface area (Å²) in [7, 11) is 0. The number of fused-ring (bicyclic) bond motifs is 2. The Balaban J connectivity index is 1.63. The molecule has 3 atom stereocenters. The Morgan fingerprint density at radius 2 is 2.05 bits per heavy atom. The molecule has 1 aromatic heterocycles. The fraction of sp³-hybridized carbons (Fsp3) is 0.800. The van der Waals surface area contributed by atoms with Gasteiger partial charge in [0.1, 0.15) is 0 Å². The average molecular weight is 262 g/mol. The Hall–Kier alpha value is -0.870. The van der Waals surface area contributed by atoms with E-state index in [0.717, 1.165) is 31.2 Å². The summed E-state index contributed by atoms with van der Waals surface area (Å²) in [6.45, 7) is 6.70. The quantitative estimate of drug-likeness (QED) is 0.879. The molecule has 2 aliphatic heterocycles. The Morgan fingerprint density at radius 1 is 1.32 bits per heavy atom. The summed E-state index contributed by atoms with van der Waals surface area (Å²) in [5, 5.41) is 7.99. The summed E-state index contributed by atoms with van der Waals surface area (Å²) in [4.78, 5) is 2.77. The summed E-state index contributed by atoms with van der Waals surface area (Å²) in [5.74, 6) is 0. The number of hydrogen-bond acceptors (Lipinski definition) is 3. The van der Waals surface area contributed by atoms with Gasteiger partial charge in [-0.15, -0.1) is 0 Å². The lowest BCUT2D eigenvalue weighted by molar-refractivity contribution is 0.0682. The van der Waals surface area contributed by atoms with Gasteiger partial charge in [-0.25, -0.2) is 0 Å². The van der Waals surface area contributed by atoms with Gasteiger partial charge in [0, 0.05) is 36.6 Å². The van der Waals surface area contributed by atoms with Gasteiger partial charge in [0.15, 0.2) is 0 Å². The van der Waals surface area contributed by atoms with E-state index in [2.05, 4.69) is 40.0 Å². The Labute approximate surface area is 116 Å². The lowest BCUT2D eigenvalue weighted by Crippen LogP contribution is -2.53. The number of rotatable bonds is 5. The molecule has 0 saturated carbocycles. The van der Waals surface area contributed by atoms with Crippen molar-refractivity contribution in [1.82, 2.24) is 20.0 Å². The second-order valence-electron chi connectivity index (χ2n) is 6.14. The highest BCUT2D eigenvalue weighted by atomic mass is 15.3. The van der Waals surface area contributed by atoms with Gasteiger partial charge in [-0.05, 0) is 45.2 Å². The highest BCUT2D eigenvalue weighted by molar-refractivity contribution is 4.99. The SMILES string of the molecule is CCNC1CC2CCC(C1)N2C(C)Cn1cccn1. The Bertz CT molecular complexity index is 375. The summed E-state index contributed by atoms with van der Waals surface area (Å²) in [6, 6.07) is 4.93. The molecule has 0 amide bonds. The van der Waals surface area contributed by atoms with Crippen molar-refractivity contribution in [2.75, 3.05) is 6.54 Å². The van der Waals surface area contributed by atoms with Gasteiger partial charge < -0.3 is 5.32 Å². The highest BCUT2D eigenvalue weighted by Gasteiger charge is 2.42. The number of aromatic nitrogens is 2. The molecule has 1 aromatic rings. The maximum atomic E-state index is 4.34. The molecule has 2 bridgehead atoms. The van der Waals surface area contributed by atoms with Crippen molar-refractivity contribution in [2.24, 2.45) is 0 Å². The summed E-state index contributed by atoms with van der Waals surface area (Å²) in [5.41, 5.74) is 0. The molecule has 0 radical (unpaired) electrons. The topological polar surface area (TPSA) is 33.1 Å². The third-order valence-corrected chi connectivity index (χ3v) is 4.80. The number of hydrogen-bond donors (Lipinski definition) is 1. The normalized spacial score (nSPS) is 32.6. The summed E-state index contributed by atoms with van der Waals surface area (Å²) < 4.78 is 2.07. The number of nitrogens with one attached hydrogen (secondary N) is 1. The first-order valence-electron chi connectivity index (χ1n) is 7.76. The molecule has 19 heavy (non-hydrogen) atoms. The molecule has 4 heteroatoms. The molecule has 2 fully saturated rings. The second kappa shape index (κ2) is 5.63. The van der Waals surface area contributed by atoms with Crippen LogP contribution in [0.15, 0.2) is 18.5 Å². The minimum atomic E-state index is 0.597. The third kappa shape index (κ3) is 2.70. The number of piperidine rings is 1. The van der Waals surface area contributed by atoms with E-state index in [0.29, 0.717) is 6.04 Å². The van der Waals surface area contributed by atoms with Crippen molar-refractivity contribution in [1.29, 1.82) is 0 Å². The van der Waals surface area contributed by atoms with Crippen LogP contribution in [0.5, 0.6) is 0 Å². The van der Waals surface area contributed by atoms with Gasteiger partial charge >= 0.3 is 0 Å². The van der Waals surface area contributed by atoms with E-state index >= 15 is 0 Å². The molecule has 3 rings (SSSR count). The van der Waals surface area contributed by atoms with Crippen molar-refractivity contribution in [3.05, 3.63) is 18.5 Å². The second-order valence-corrected chi connectivity index (χ2v) is 6.14. The molecule has 106 valence electrons. The minimum Gasteiger partial charge on any atom is -0.314 e. The predicted octanol–water partition coefficient (Wildman–Crippen LogP) is 1.88. The molecule has 3 unspecified atom stereocenters. The zero-order valence-electron chi connectivity index (χ0n) is 12.1. The van der Waals surface area contributed by atoms with Gasteiger partial charge in [0.2, 0.25) is 0 Å². The standard InChI is InChI=1S/C15H26N4/c1-3-16-13-9-14-5-6-15(10-13)19(14)12(2)11-18-8-4-7-17-18/h4,7-8,12-16H,3,5-6,9-11H2,1-2H3. The Kier molecular flexibility index (Phi) is 3.89. The monoisotopic (exact) mass is 262 g/mol. The Morgan fingerprint density at radius 3 is 2.63 bits per heavy atom. The van der Waals surface area contributed by atoms with Crippen LogP contribution in [0, 0.1) is 0 Å². The van der Waals surface area contributed by atoms with Crippen LogP contribution in [0.2, 0.25) is 0 Å². The van der Waals surface area contributed by atoms with E-state index in [1.54, 1.807) is 0 Å². The lowest BCUT2D eigenvalue weighted by Gasteiger charge is -2.42. The molecular weight excluding hydrogens is 236 g/mol. The van der Waals surface area contributed by atoms with E-state index in [-0.39, 0.29) is 0 Å². The molecular formula is C15H26N4. The van der Waals surface area contributed by atoms with Crippen LogP contribution in [0.25, 0.3) is 0 Å². The van der Waals surface area contributed by atoms with E-state index in [4.69, 9.17) is 0 Å². The van der Waals surface area contributed by atoms with Crippen LogP contribution in [0.1, 0.15) is 39.5 Å². The zero-order chi connectivity index (χ0) is 13.2. The van der Waals surface area contributed by atoms with Crippen LogP contribution < -0.4 is 5.32 Å². The highest BCUT2D eigenvalue weighted by Crippen LogP contribution is 2.37. The van der Waals surface area contributed by atoms with Crippen LogP contribution in [-0.2, 0) is 6.54 Å². The predicted molar refractivity (Wildman–Crippen MR) is 77.0 cm³/mol. The van der Waals surface area contributed by atoms with Crippen molar-refractivity contribution < 1.29 is 0 Å². The van der Waals surface area contributed by atoms with E-state index in [1.165, 1.54) is 25.7 Å². The third-order valence-electron chi connectivity index (χ3n) is 4.80. The van der Waals surface area contributed by atoms with E-state index < -0.39 is 0 Å². The first-order valence-corrected chi connectivity index (χ1v) is 7.76. The molecule has 0 spiro atoms. The molecule has 0 aliphatic carbocycles. The largest absolute Gasteiger partial charge is 0.314 e. The van der Waals surface area contributed by atoms with Gasteiger partial charge in [-0.2, -0.15) is 5.10 Å². The fourth-order valence-electron chi connectivity index (χ4n) is 4.16. The van der Waals surface area contributed by atoms with Crippen molar-refractivity contribution in [3.8, 4) is 0 Å². The fourth-order valence-corrected chi connectivity index (χ4v) is 4.16. The van der Waals surface area contributed by atoms with E-state index in [1.807, 2.05) is 12.3 Å². The molecule has 4 nitrogen and oxygen atoms in total. The van der Waals surface area contributed by atoms with Crippen molar-refractivity contribution >= 4 is 0 Å². The van der Waals surface area contributed by atoms with Crippen LogP contribution >= 0.6 is 0 Å². The molecule has 1 N–H and O–H groups in total. The summed E-state index contributed by atoms with van der Waals surface area (Å²) in [6.07, 6.45) is 9.37. The first-order chi connectivity index (χ1) is 9.28. The van der Waals surface area contributed by atoms with Gasteiger partial charge in [-0.3, -0.25) is 9.58 Å². The van der Waals surface area contributed by atoms with Crippen molar-refractivity contribution in [2.45, 2.75) is 70.2 Å². The van der Waals surface area contributed by atoms with Crippen LogP contribution in [-0.4, -0.2) is 45.4 Å². The number of nitrogens with zero attached hydrogens (tertiary/aromatic N) is 3. The lowest BCUT2D eigenvalue weighted by atomic mass is 9.95. The van der Waals surface area contributed by atoms with Gasteiger partial charge in [0.25, 0.3) is 0 Å². The van der Waals surface area contributed by atoms with Gasteiger partial charge in [0.05, 0.1) is 6.54 Å². The zero-order valence-corrected chi connectivity index (χ0v) is 12.1. The van der Waals surface area contributed by atoms with Crippen LogP contribution in [0.3, 0.4) is 0 Å². The molecule has 0 aromatic carbocycles. The van der Waals surface area contributed by atoms with Gasteiger partial charge in [-0.1, -0.05) is 6.92 Å². The maximum absolute atomic E-state index is 4.34.